The van der Waals surface area contributed by atoms with Crippen LogP contribution in [-0.4, -0.2) is 15.9 Å². The van der Waals surface area contributed by atoms with Crippen LogP contribution in [0.25, 0.3) is 0 Å². The number of halogens is 2. The highest BCUT2D eigenvalue weighted by molar-refractivity contribution is 9.10. The lowest BCUT2D eigenvalue weighted by Gasteiger charge is -2.11. The molecule has 0 saturated heterocycles. The molecule has 0 unspecified atom stereocenters. The summed E-state index contributed by atoms with van der Waals surface area (Å²) in [6, 6.07) is 12.0. The summed E-state index contributed by atoms with van der Waals surface area (Å²) in [5.41, 5.74) is 1.44. The maximum Gasteiger partial charge on any atom is 0.225 e. The van der Waals surface area contributed by atoms with Crippen molar-refractivity contribution in [3.05, 3.63) is 82.5 Å². The first-order chi connectivity index (χ1) is 13.1. The normalized spacial score (nSPS) is 10.4. The van der Waals surface area contributed by atoms with Gasteiger partial charge in [0.25, 0.3) is 0 Å². The third-order valence-electron chi connectivity index (χ3n) is 3.81. The molecule has 0 fully saturated rings. The van der Waals surface area contributed by atoms with E-state index >= 15 is 0 Å². The first-order valence-electron chi connectivity index (χ1n) is 8.32. The van der Waals surface area contributed by atoms with Gasteiger partial charge in [-0.05, 0) is 53.9 Å². The van der Waals surface area contributed by atoms with Gasteiger partial charge in [-0.3, -0.25) is 9.78 Å². The zero-order chi connectivity index (χ0) is 19.1. The van der Waals surface area contributed by atoms with E-state index in [1.54, 1.807) is 42.9 Å². The van der Waals surface area contributed by atoms with Crippen molar-refractivity contribution in [2.24, 2.45) is 0 Å². The number of hydrogen-bond donors (Lipinski definition) is 1. The van der Waals surface area contributed by atoms with E-state index in [1.165, 1.54) is 6.07 Å². The van der Waals surface area contributed by atoms with Crippen LogP contribution in [0.1, 0.15) is 17.5 Å². The number of nitrogens with zero attached hydrogens (tertiary/aromatic N) is 2. The lowest BCUT2D eigenvalue weighted by molar-refractivity contribution is -0.116. The second-order valence-electron chi connectivity index (χ2n) is 5.78. The SMILES string of the molecule is O=C(CCc1ccc(Br)cc1F)Nc1ncccc1OCc1ccncc1. The Morgan fingerprint density at radius 3 is 2.74 bits per heavy atom. The minimum atomic E-state index is -0.337. The molecule has 5 nitrogen and oxygen atoms in total. The van der Waals surface area contributed by atoms with Crippen LogP contribution in [0, 0.1) is 5.82 Å². The van der Waals surface area contributed by atoms with E-state index in [-0.39, 0.29) is 18.1 Å². The molecule has 138 valence electrons. The van der Waals surface area contributed by atoms with Crippen LogP contribution in [0.15, 0.2) is 65.5 Å². The third-order valence-corrected chi connectivity index (χ3v) is 4.30. The number of ether oxygens (including phenoxy) is 1. The number of pyridine rings is 2. The molecule has 0 aliphatic rings. The Kier molecular flexibility index (Phi) is 6.49. The predicted molar refractivity (Wildman–Crippen MR) is 104 cm³/mol. The largest absolute Gasteiger partial charge is 0.485 e. The van der Waals surface area contributed by atoms with Crippen molar-refractivity contribution in [1.29, 1.82) is 0 Å². The molecule has 0 bridgehead atoms. The summed E-state index contributed by atoms with van der Waals surface area (Å²) in [6.45, 7) is 0.335. The molecule has 1 N–H and O–H groups in total. The van der Waals surface area contributed by atoms with E-state index < -0.39 is 0 Å². The Hall–Kier alpha value is -2.80. The fraction of sp³-hybridized carbons (Fsp3) is 0.150. The zero-order valence-electron chi connectivity index (χ0n) is 14.4. The summed E-state index contributed by atoms with van der Waals surface area (Å²) in [5.74, 6) is 0.214. The van der Waals surface area contributed by atoms with Crippen molar-refractivity contribution in [2.75, 3.05) is 5.32 Å². The van der Waals surface area contributed by atoms with Gasteiger partial charge >= 0.3 is 0 Å². The minimum absolute atomic E-state index is 0.138. The highest BCUT2D eigenvalue weighted by Gasteiger charge is 2.11. The summed E-state index contributed by atoms with van der Waals surface area (Å²) in [5, 5.41) is 2.73. The molecular weight excluding hydrogens is 413 g/mol. The number of anilines is 1. The molecule has 0 saturated carbocycles. The Morgan fingerprint density at radius 1 is 1.15 bits per heavy atom. The standard InChI is InChI=1S/C20H17BrFN3O2/c21-16-5-3-15(17(22)12-16)4-6-19(26)25-20-18(2-1-9-24-20)27-13-14-7-10-23-11-8-14/h1-3,5,7-12H,4,6,13H2,(H,24,25,26). The summed E-state index contributed by atoms with van der Waals surface area (Å²) >= 11 is 3.22. The summed E-state index contributed by atoms with van der Waals surface area (Å²) in [7, 11) is 0. The lowest BCUT2D eigenvalue weighted by Crippen LogP contribution is -2.14. The molecule has 0 aliphatic heterocycles. The molecule has 1 amide bonds. The Balaban J connectivity index is 1.59. The van der Waals surface area contributed by atoms with Crippen LogP contribution in [0.5, 0.6) is 5.75 Å². The maximum absolute atomic E-state index is 13.9. The number of carbonyl (C=O) groups is 1. The fourth-order valence-electron chi connectivity index (χ4n) is 2.41. The van der Waals surface area contributed by atoms with Gasteiger partial charge in [0.1, 0.15) is 12.4 Å². The van der Waals surface area contributed by atoms with Crippen molar-refractivity contribution in [3.8, 4) is 5.75 Å². The van der Waals surface area contributed by atoms with Crippen LogP contribution in [-0.2, 0) is 17.8 Å². The Morgan fingerprint density at radius 2 is 1.96 bits per heavy atom. The average Bonchev–Trinajstić information content (AvgIpc) is 2.67. The van der Waals surface area contributed by atoms with Crippen molar-refractivity contribution in [3.63, 3.8) is 0 Å². The van der Waals surface area contributed by atoms with Crippen molar-refractivity contribution < 1.29 is 13.9 Å². The number of aromatic nitrogens is 2. The van der Waals surface area contributed by atoms with Gasteiger partial charge in [-0.1, -0.05) is 22.0 Å². The van der Waals surface area contributed by atoms with Gasteiger partial charge in [0.15, 0.2) is 11.6 Å². The molecule has 2 aromatic heterocycles. The summed E-state index contributed by atoms with van der Waals surface area (Å²) in [4.78, 5) is 20.4. The van der Waals surface area contributed by atoms with E-state index in [2.05, 4.69) is 31.2 Å². The highest BCUT2D eigenvalue weighted by Crippen LogP contribution is 2.23. The van der Waals surface area contributed by atoms with E-state index in [1.807, 2.05) is 12.1 Å². The van der Waals surface area contributed by atoms with Crippen molar-refractivity contribution in [2.45, 2.75) is 19.4 Å². The van der Waals surface area contributed by atoms with Crippen molar-refractivity contribution >= 4 is 27.7 Å². The Bertz CT molecular complexity index is 922. The predicted octanol–water partition coefficient (Wildman–Crippen LogP) is 4.53. The van der Waals surface area contributed by atoms with Crippen LogP contribution < -0.4 is 10.1 Å². The molecule has 3 aromatic rings. The van der Waals surface area contributed by atoms with E-state index in [0.717, 1.165) is 5.56 Å². The topological polar surface area (TPSA) is 64.1 Å². The number of nitrogens with one attached hydrogen (secondary N) is 1. The number of amides is 1. The monoisotopic (exact) mass is 429 g/mol. The first kappa shape index (κ1) is 19.0. The second-order valence-corrected chi connectivity index (χ2v) is 6.69. The van der Waals surface area contributed by atoms with Gasteiger partial charge in [0, 0.05) is 29.5 Å². The quantitative estimate of drug-likeness (QED) is 0.599. The van der Waals surface area contributed by atoms with Crippen LogP contribution in [0.4, 0.5) is 10.2 Å². The molecule has 2 heterocycles. The molecule has 1 aromatic carbocycles. The lowest BCUT2D eigenvalue weighted by atomic mass is 10.1. The van der Waals surface area contributed by atoms with E-state index in [4.69, 9.17) is 4.74 Å². The van der Waals surface area contributed by atoms with E-state index in [0.29, 0.717) is 34.6 Å². The van der Waals surface area contributed by atoms with Gasteiger partial charge in [0.2, 0.25) is 5.91 Å². The first-order valence-corrected chi connectivity index (χ1v) is 9.11. The molecule has 27 heavy (non-hydrogen) atoms. The van der Waals surface area contributed by atoms with Gasteiger partial charge in [-0.15, -0.1) is 0 Å². The second kappa shape index (κ2) is 9.23. The maximum atomic E-state index is 13.9. The molecule has 0 spiro atoms. The molecular formula is C20H17BrFN3O2. The minimum Gasteiger partial charge on any atom is -0.485 e. The van der Waals surface area contributed by atoms with Crippen LogP contribution in [0.2, 0.25) is 0 Å². The average molecular weight is 430 g/mol. The number of rotatable bonds is 7. The van der Waals surface area contributed by atoms with Gasteiger partial charge < -0.3 is 10.1 Å². The van der Waals surface area contributed by atoms with Crippen LogP contribution >= 0.6 is 15.9 Å². The summed E-state index contributed by atoms with van der Waals surface area (Å²) in [6.07, 6.45) is 5.38. The van der Waals surface area contributed by atoms with Gasteiger partial charge in [0.05, 0.1) is 0 Å². The molecule has 3 rings (SSSR count). The number of benzene rings is 1. The van der Waals surface area contributed by atoms with Gasteiger partial charge in [-0.25, -0.2) is 9.37 Å². The zero-order valence-corrected chi connectivity index (χ0v) is 15.9. The van der Waals surface area contributed by atoms with Crippen LogP contribution in [0.3, 0.4) is 0 Å². The molecule has 0 atom stereocenters. The number of aryl methyl sites for hydroxylation is 1. The fourth-order valence-corrected chi connectivity index (χ4v) is 2.74. The van der Waals surface area contributed by atoms with Gasteiger partial charge in [-0.2, -0.15) is 0 Å². The number of hydrogen-bond acceptors (Lipinski definition) is 4. The van der Waals surface area contributed by atoms with Crippen molar-refractivity contribution in [1.82, 2.24) is 9.97 Å². The smallest absolute Gasteiger partial charge is 0.225 e. The highest BCUT2D eigenvalue weighted by atomic mass is 79.9. The van der Waals surface area contributed by atoms with E-state index in [9.17, 15) is 9.18 Å². The number of carbonyl (C=O) groups excluding carboxylic acids is 1. The Labute approximate surface area is 164 Å². The molecule has 0 radical (unpaired) electrons. The summed E-state index contributed by atoms with van der Waals surface area (Å²) < 4.78 is 20.3. The third kappa shape index (κ3) is 5.59. The molecule has 7 heteroatoms. The molecule has 0 aliphatic carbocycles.